The smallest absolute Gasteiger partial charge is 0.229 e. The van der Waals surface area contributed by atoms with Crippen molar-refractivity contribution in [2.45, 2.75) is 52.0 Å². The molecule has 0 spiro atoms. The van der Waals surface area contributed by atoms with Crippen molar-refractivity contribution in [1.29, 1.82) is 0 Å². The number of piperidine rings is 1. The van der Waals surface area contributed by atoms with Gasteiger partial charge in [-0.15, -0.1) is 0 Å². The van der Waals surface area contributed by atoms with Gasteiger partial charge < -0.3 is 19.5 Å². The van der Waals surface area contributed by atoms with Crippen LogP contribution in [0.4, 0.5) is 20.5 Å². The number of aryl methyl sites for hydroxylation is 1. The van der Waals surface area contributed by atoms with Crippen LogP contribution in [0.15, 0.2) is 42.7 Å². The molecule has 3 aromatic heterocycles. The van der Waals surface area contributed by atoms with E-state index in [1.807, 2.05) is 18.2 Å². The molecule has 9 heteroatoms. The summed E-state index contributed by atoms with van der Waals surface area (Å²) in [5.41, 5.74) is 2.12. The summed E-state index contributed by atoms with van der Waals surface area (Å²) < 4.78 is 38.2. The third kappa shape index (κ3) is 5.07. The van der Waals surface area contributed by atoms with Gasteiger partial charge in [0, 0.05) is 22.2 Å². The van der Waals surface area contributed by atoms with Gasteiger partial charge in [-0.1, -0.05) is 6.92 Å². The second kappa shape index (κ2) is 10.2. The highest BCUT2D eigenvalue weighted by molar-refractivity contribution is 5.87. The lowest BCUT2D eigenvalue weighted by molar-refractivity contribution is 0.145. The van der Waals surface area contributed by atoms with Gasteiger partial charge >= 0.3 is 0 Å². The Balaban J connectivity index is 1.18. The molecule has 5 heterocycles. The highest BCUT2D eigenvalue weighted by Crippen LogP contribution is 2.39. The fourth-order valence-electron chi connectivity index (χ4n) is 5.87. The van der Waals surface area contributed by atoms with Crippen LogP contribution in [0.1, 0.15) is 45.7 Å². The maximum atomic E-state index is 15.2. The van der Waals surface area contributed by atoms with Gasteiger partial charge in [0.25, 0.3) is 0 Å². The van der Waals surface area contributed by atoms with E-state index in [0.717, 1.165) is 62.7 Å². The van der Waals surface area contributed by atoms with E-state index in [-0.39, 0.29) is 23.0 Å². The monoisotopic (exact) mass is 532 g/mol. The number of ether oxygens (including phenoxy) is 1. The number of aromatic nitrogens is 4. The molecule has 0 radical (unpaired) electrons. The van der Waals surface area contributed by atoms with E-state index in [0.29, 0.717) is 35.0 Å². The molecule has 7 nitrogen and oxygen atoms in total. The minimum absolute atomic E-state index is 0.0359. The van der Waals surface area contributed by atoms with Crippen LogP contribution in [0.2, 0.25) is 0 Å². The van der Waals surface area contributed by atoms with Crippen LogP contribution in [0.5, 0.6) is 5.75 Å². The van der Waals surface area contributed by atoms with Crippen LogP contribution in [0.25, 0.3) is 22.2 Å². The van der Waals surface area contributed by atoms with E-state index in [2.05, 4.69) is 50.5 Å². The van der Waals surface area contributed by atoms with Gasteiger partial charge in [-0.05, 0) is 95.4 Å². The average molecular weight is 533 g/mol. The summed E-state index contributed by atoms with van der Waals surface area (Å²) >= 11 is 0. The van der Waals surface area contributed by atoms with E-state index >= 15 is 4.39 Å². The zero-order valence-corrected chi connectivity index (χ0v) is 22.7. The van der Waals surface area contributed by atoms with E-state index in [1.165, 1.54) is 6.07 Å². The normalized spacial score (nSPS) is 17.5. The summed E-state index contributed by atoms with van der Waals surface area (Å²) in [5, 5.41) is 3.58. The molecule has 6 rings (SSSR count). The summed E-state index contributed by atoms with van der Waals surface area (Å²) in [7, 11) is 0. The Bertz CT molecular complexity index is 1490. The van der Waals surface area contributed by atoms with E-state index in [1.54, 1.807) is 12.3 Å². The Hall–Kier alpha value is -3.59. The zero-order valence-electron chi connectivity index (χ0n) is 22.7. The number of hydrogen-bond acceptors (Lipinski definition) is 6. The molecule has 2 aliphatic heterocycles. The molecule has 1 fully saturated rings. The quantitative estimate of drug-likeness (QED) is 0.301. The van der Waals surface area contributed by atoms with Crippen molar-refractivity contribution >= 4 is 22.7 Å². The fraction of sp³-hybridized carbons (Fsp3) is 0.433. The van der Waals surface area contributed by atoms with Gasteiger partial charge in [0.15, 0.2) is 5.82 Å². The third-order valence-corrected chi connectivity index (χ3v) is 8.18. The molecule has 0 saturated carbocycles. The lowest BCUT2D eigenvalue weighted by Gasteiger charge is -2.30. The van der Waals surface area contributed by atoms with Gasteiger partial charge in [0.1, 0.15) is 23.1 Å². The Morgan fingerprint density at radius 3 is 2.62 bits per heavy atom. The van der Waals surface area contributed by atoms with Gasteiger partial charge in [0.2, 0.25) is 5.95 Å². The summed E-state index contributed by atoms with van der Waals surface area (Å²) in [4.78, 5) is 15.3. The first-order chi connectivity index (χ1) is 18.8. The number of likely N-dealkylation sites (tertiary alicyclic amines) is 1. The maximum absolute atomic E-state index is 15.2. The number of benzene rings is 1. The number of pyridine rings is 1. The summed E-state index contributed by atoms with van der Waals surface area (Å²) in [6.45, 7) is 10.5. The molecule has 0 bridgehead atoms. The second-order valence-electron chi connectivity index (χ2n) is 11.3. The second-order valence-corrected chi connectivity index (χ2v) is 11.3. The van der Waals surface area contributed by atoms with Gasteiger partial charge in [-0.3, -0.25) is 0 Å². The number of fused-ring (bicyclic) bond motifs is 3. The van der Waals surface area contributed by atoms with Crippen molar-refractivity contribution in [3.05, 3.63) is 60.1 Å². The van der Waals surface area contributed by atoms with E-state index < -0.39 is 5.82 Å². The maximum Gasteiger partial charge on any atom is 0.229 e. The zero-order chi connectivity index (χ0) is 27.1. The van der Waals surface area contributed by atoms with Gasteiger partial charge in [0.05, 0.1) is 24.5 Å². The summed E-state index contributed by atoms with van der Waals surface area (Å²) in [6, 6.07) is 8.69. The van der Waals surface area contributed by atoms with Crippen LogP contribution >= 0.6 is 0 Å². The molecule has 0 unspecified atom stereocenters. The number of halogens is 2. The average Bonchev–Trinajstić information content (AvgIpc) is 3.47. The van der Waals surface area contributed by atoms with Gasteiger partial charge in [-0.25, -0.2) is 23.7 Å². The van der Waals surface area contributed by atoms with Crippen LogP contribution in [-0.4, -0.2) is 50.7 Å². The van der Waals surface area contributed by atoms with Crippen molar-refractivity contribution in [1.82, 2.24) is 24.4 Å². The molecule has 0 atom stereocenters. The van der Waals surface area contributed by atoms with Crippen LogP contribution in [-0.2, 0) is 12.0 Å². The van der Waals surface area contributed by atoms with E-state index in [9.17, 15) is 4.39 Å². The molecule has 0 amide bonds. The fourth-order valence-corrected chi connectivity index (χ4v) is 5.87. The lowest BCUT2D eigenvalue weighted by atomic mass is 9.98. The summed E-state index contributed by atoms with van der Waals surface area (Å²) in [5.74, 6) is 0.930. The Morgan fingerprint density at radius 1 is 1.05 bits per heavy atom. The topological polar surface area (TPSA) is 68.1 Å². The van der Waals surface area contributed by atoms with Crippen molar-refractivity contribution in [2.24, 2.45) is 5.92 Å². The minimum Gasteiger partial charge on any atom is -0.492 e. The van der Waals surface area contributed by atoms with E-state index in [4.69, 9.17) is 4.74 Å². The van der Waals surface area contributed by atoms with Crippen molar-refractivity contribution in [3.63, 3.8) is 0 Å². The number of rotatable bonds is 7. The van der Waals surface area contributed by atoms with Crippen molar-refractivity contribution in [3.8, 4) is 17.0 Å². The number of hydrogen-bond donors (Lipinski definition) is 1. The SMILES string of the molecule is CCN1CCC(COc2ccc(Nc3ncc(F)c(-c4cc(F)c5cc6n(c5c4)C(C)(C)CC6)n3)nc2)CC1. The molecular weight excluding hydrogens is 498 g/mol. The van der Waals surface area contributed by atoms with Crippen LogP contribution in [0.3, 0.4) is 0 Å². The molecule has 0 aliphatic carbocycles. The van der Waals surface area contributed by atoms with Crippen LogP contribution in [0, 0.1) is 17.6 Å². The molecule has 39 heavy (non-hydrogen) atoms. The first-order valence-electron chi connectivity index (χ1n) is 13.8. The Morgan fingerprint density at radius 2 is 1.87 bits per heavy atom. The van der Waals surface area contributed by atoms with Crippen LogP contribution < -0.4 is 10.1 Å². The first-order valence-corrected chi connectivity index (χ1v) is 13.8. The molecule has 2 aliphatic rings. The molecule has 1 aromatic carbocycles. The molecular formula is C30H34F2N6O. The molecule has 204 valence electrons. The number of anilines is 2. The highest BCUT2D eigenvalue weighted by Gasteiger charge is 2.32. The third-order valence-electron chi connectivity index (χ3n) is 8.18. The van der Waals surface area contributed by atoms with Crippen molar-refractivity contribution < 1.29 is 13.5 Å². The molecule has 1 N–H and O–H groups in total. The highest BCUT2D eigenvalue weighted by atomic mass is 19.1. The molecule has 4 aromatic rings. The first kappa shape index (κ1) is 25.7. The lowest BCUT2D eigenvalue weighted by Crippen LogP contribution is -2.35. The van der Waals surface area contributed by atoms with Gasteiger partial charge in [-0.2, -0.15) is 0 Å². The Labute approximate surface area is 227 Å². The molecule has 1 saturated heterocycles. The van der Waals surface area contributed by atoms with Crippen molar-refractivity contribution in [2.75, 3.05) is 31.6 Å². The predicted octanol–water partition coefficient (Wildman–Crippen LogP) is 6.31. The predicted molar refractivity (Wildman–Crippen MR) is 148 cm³/mol. The Kier molecular flexibility index (Phi) is 6.71. The standard InChI is InChI=1S/C30H34F2N6O/c1-4-37-11-8-19(9-12-37)18-39-22-5-6-27(33-16-22)35-29-34-17-25(32)28(36-29)20-13-24(31)23-15-21-7-10-30(2,3)38(21)26(23)14-20/h5-6,13-17,19H,4,7-12,18H2,1-3H3,(H,33,34,35,36). The summed E-state index contributed by atoms with van der Waals surface area (Å²) in [6.07, 6.45) is 6.92. The number of nitrogens with zero attached hydrogens (tertiary/aromatic N) is 5. The number of nitrogens with one attached hydrogen (secondary N) is 1. The minimum atomic E-state index is -0.617. The largest absolute Gasteiger partial charge is 0.492 e.